The number of carbonyl (C=O) groups is 1. The first-order chi connectivity index (χ1) is 6.13. The number of nitrogens with one attached hydrogen (secondary N) is 1. The van der Waals surface area contributed by atoms with E-state index in [1.54, 1.807) is 12.1 Å². The molecule has 0 aliphatic heterocycles. The monoisotopic (exact) mass is 305 g/mol. The van der Waals surface area contributed by atoms with Gasteiger partial charge in [0.2, 0.25) is 0 Å². The topological polar surface area (TPSA) is 29.1 Å². The van der Waals surface area contributed by atoms with Gasteiger partial charge >= 0.3 is 0 Å². The van der Waals surface area contributed by atoms with Gasteiger partial charge in [-0.1, -0.05) is 31.9 Å². The predicted octanol–water partition coefficient (Wildman–Crippen LogP) is 2.96. The van der Waals surface area contributed by atoms with Crippen molar-refractivity contribution in [2.45, 2.75) is 6.92 Å². The molecule has 0 bridgehead atoms. The van der Waals surface area contributed by atoms with Crippen LogP contribution in [0.5, 0.6) is 0 Å². The molecule has 0 radical (unpaired) electrons. The van der Waals surface area contributed by atoms with Crippen LogP contribution in [0.15, 0.2) is 27.1 Å². The van der Waals surface area contributed by atoms with Crippen LogP contribution in [0.4, 0.5) is 0 Å². The fourth-order valence-electron chi connectivity index (χ4n) is 0.948. The molecule has 13 heavy (non-hydrogen) atoms. The standard InChI is InChI=1S/C9H9Br2NO/c1-2-12-9(13)6-3-7(10)5-8(11)4-6/h3-5H,2H2,1H3,(H,12,13). The number of carbonyl (C=O) groups excluding carboxylic acids is 1. The molecule has 0 unspecified atom stereocenters. The zero-order valence-electron chi connectivity index (χ0n) is 7.10. The molecular formula is C9H9Br2NO. The number of amides is 1. The van der Waals surface area contributed by atoms with Crippen molar-refractivity contribution in [3.05, 3.63) is 32.7 Å². The van der Waals surface area contributed by atoms with Crippen LogP contribution in [-0.4, -0.2) is 12.5 Å². The zero-order chi connectivity index (χ0) is 9.84. The van der Waals surface area contributed by atoms with Crippen LogP contribution in [0, 0.1) is 0 Å². The van der Waals surface area contributed by atoms with Gasteiger partial charge in [0.15, 0.2) is 0 Å². The smallest absolute Gasteiger partial charge is 0.251 e. The zero-order valence-corrected chi connectivity index (χ0v) is 10.3. The second-order valence-electron chi connectivity index (χ2n) is 2.52. The Kier molecular flexibility index (Phi) is 3.93. The molecule has 1 rings (SSSR count). The highest BCUT2D eigenvalue weighted by molar-refractivity contribution is 9.11. The van der Waals surface area contributed by atoms with Crippen molar-refractivity contribution >= 4 is 37.8 Å². The summed E-state index contributed by atoms with van der Waals surface area (Å²) in [5.41, 5.74) is 0.656. The second kappa shape index (κ2) is 4.77. The van der Waals surface area contributed by atoms with E-state index in [9.17, 15) is 4.79 Å². The summed E-state index contributed by atoms with van der Waals surface area (Å²) in [5, 5.41) is 2.74. The molecule has 0 saturated carbocycles. The highest BCUT2D eigenvalue weighted by atomic mass is 79.9. The average molecular weight is 307 g/mol. The van der Waals surface area contributed by atoms with Crippen molar-refractivity contribution in [2.24, 2.45) is 0 Å². The second-order valence-corrected chi connectivity index (χ2v) is 4.35. The van der Waals surface area contributed by atoms with Gasteiger partial charge in [0.05, 0.1) is 0 Å². The Labute approximate surface area is 94.0 Å². The molecule has 0 saturated heterocycles. The average Bonchev–Trinajstić information content (AvgIpc) is 2.03. The van der Waals surface area contributed by atoms with Crippen LogP contribution >= 0.6 is 31.9 Å². The van der Waals surface area contributed by atoms with Crippen molar-refractivity contribution in [3.8, 4) is 0 Å². The van der Waals surface area contributed by atoms with Crippen molar-refractivity contribution < 1.29 is 4.79 Å². The largest absolute Gasteiger partial charge is 0.352 e. The fourth-order valence-corrected chi connectivity index (χ4v) is 2.24. The first kappa shape index (κ1) is 10.7. The minimum absolute atomic E-state index is 0.0514. The van der Waals surface area contributed by atoms with Gasteiger partial charge in [0, 0.05) is 21.1 Å². The van der Waals surface area contributed by atoms with Gasteiger partial charge in [0.25, 0.3) is 5.91 Å². The van der Waals surface area contributed by atoms with Crippen molar-refractivity contribution in [3.63, 3.8) is 0 Å². The minimum atomic E-state index is -0.0514. The minimum Gasteiger partial charge on any atom is -0.352 e. The van der Waals surface area contributed by atoms with Crippen molar-refractivity contribution in [1.29, 1.82) is 0 Å². The first-order valence-corrected chi connectivity index (χ1v) is 5.46. The van der Waals surface area contributed by atoms with E-state index >= 15 is 0 Å². The lowest BCUT2D eigenvalue weighted by molar-refractivity contribution is 0.0955. The maximum atomic E-state index is 11.4. The normalized spacial score (nSPS) is 9.77. The SMILES string of the molecule is CCNC(=O)c1cc(Br)cc(Br)c1. The Morgan fingerprint density at radius 2 is 1.85 bits per heavy atom. The predicted molar refractivity (Wildman–Crippen MR) is 59.8 cm³/mol. The summed E-state index contributed by atoms with van der Waals surface area (Å²) in [6.07, 6.45) is 0. The van der Waals surface area contributed by atoms with Crippen molar-refractivity contribution in [2.75, 3.05) is 6.54 Å². The Morgan fingerprint density at radius 3 is 2.31 bits per heavy atom. The molecule has 0 fully saturated rings. The Hall–Kier alpha value is -0.350. The molecule has 2 nitrogen and oxygen atoms in total. The maximum absolute atomic E-state index is 11.4. The molecule has 0 heterocycles. The van der Waals surface area contributed by atoms with E-state index in [-0.39, 0.29) is 5.91 Å². The van der Waals surface area contributed by atoms with Gasteiger partial charge < -0.3 is 5.32 Å². The van der Waals surface area contributed by atoms with E-state index in [0.717, 1.165) is 8.95 Å². The Balaban J connectivity index is 2.94. The first-order valence-electron chi connectivity index (χ1n) is 3.87. The molecule has 0 aliphatic carbocycles. The van der Waals surface area contributed by atoms with Crippen LogP contribution in [0.2, 0.25) is 0 Å². The number of rotatable bonds is 2. The summed E-state index contributed by atoms with van der Waals surface area (Å²) in [6, 6.07) is 5.47. The summed E-state index contributed by atoms with van der Waals surface area (Å²) in [4.78, 5) is 11.4. The summed E-state index contributed by atoms with van der Waals surface area (Å²) < 4.78 is 1.78. The highest BCUT2D eigenvalue weighted by Crippen LogP contribution is 2.19. The Bertz CT molecular complexity index is 305. The molecular weight excluding hydrogens is 298 g/mol. The quantitative estimate of drug-likeness (QED) is 0.894. The van der Waals surface area contributed by atoms with E-state index in [1.807, 2.05) is 13.0 Å². The fraction of sp³-hybridized carbons (Fsp3) is 0.222. The van der Waals surface area contributed by atoms with Crippen LogP contribution < -0.4 is 5.32 Å². The van der Waals surface area contributed by atoms with Gasteiger partial charge in [-0.15, -0.1) is 0 Å². The maximum Gasteiger partial charge on any atom is 0.251 e. The molecule has 70 valence electrons. The number of benzene rings is 1. The van der Waals surface area contributed by atoms with E-state index < -0.39 is 0 Å². The van der Waals surface area contributed by atoms with E-state index in [4.69, 9.17) is 0 Å². The molecule has 1 amide bonds. The lowest BCUT2D eigenvalue weighted by Crippen LogP contribution is -2.22. The highest BCUT2D eigenvalue weighted by Gasteiger charge is 2.05. The third-order valence-electron chi connectivity index (χ3n) is 1.46. The van der Waals surface area contributed by atoms with Crippen LogP contribution in [0.3, 0.4) is 0 Å². The summed E-state index contributed by atoms with van der Waals surface area (Å²) in [7, 11) is 0. The molecule has 0 spiro atoms. The number of hydrogen-bond donors (Lipinski definition) is 1. The Morgan fingerprint density at radius 1 is 1.31 bits per heavy atom. The molecule has 1 N–H and O–H groups in total. The summed E-state index contributed by atoms with van der Waals surface area (Å²) in [5.74, 6) is -0.0514. The van der Waals surface area contributed by atoms with Crippen LogP contribution in [-0.2, 0) is 0 Å². The van der Waals surface area contributed by atoms with E-state index in [1.165, 1.54) is 0 Å². The third-order valence-corrected chi connectivity index (χ3v) is 2.38. The van der Waals surface area contributed by atoms with Gasteiger partial charge in [0.1, 0.15) is 0 Å². The molecule has 1 aromatic rings. The van der Waals surface area contributed by atoms with Gasteiger partial charge in [-0.3, -0.25) is 4.79 Å². The summed E-state index contributed by atoms with van der Waals surface area (Å²) >= 11 is 6.64. The van der Waals surface area contributed by atoms with Gasteiger partial charge in [-0.25, -0.2) is 0 Å². The summed E-state index contributed by atoms with van der Waals surface area (Å²) in [6.45, 7) is 2.54. The van der Waals surface area contributed by atoms with Crippen LogP contribution in [0.1, 0.15) is 17.3 Å². The van der Waals surface area contributed by atoms with Gasteiger partial charge in [-0.2, -0.15) is 0 Å². The molecule has 1 aromatic carbocycles. The van der Waals surface area contributed by atoms with E-state index in [2.05, 4.69) is 37.2 Å². The molecule has 0 atom stereocenters. The lowest BCUT2D eigenvalue weighted by Gasteiger charge is -2.03. The molecule has 4 heteroatoms. The molecule has 0 aliphatic rings. The molecule has 0 aromatic heterocycles. The van der Waals surface area contributed by atoms with Gasteiger partial charge in [-0.05, 0) is 25.1 Å². The number of hydrogen-bond acceptors (Lipinski definition) is 1. The van der Waals surface area contributed by atoms with Crippen LogP contribution in [0.25, 0.3) is 0 Å². The number of halogens is 2. The van der Waals surface area contributed by atoms with E-state index in [0.29, 0.717) is 12.1 Å². The third kappa shape index (κ3) is 3.12. The van der Waals surface area contributed by atoms with Crippen molar-refractivity contribution in [1.82, 2.24) is 5.32 Å². The lowest BCUT2D eigenvalue weighted by atomic mass is 10.2.